The predicted molar refractivity (Wildman–Crippen MR) is 134 cm³/mol. The number of ether oxygens (including phenoxy) is 1. The number of hydrogen-bond donors (Lipinski definition) is 0. The molecular weight excluding hydrogens is 646 g/mol. The van der Waals surface area contributed by atoms with Gasteiger partial charge in [-0.2, -0.15) is 57.1 Å². The molecule has 0 amide bonds. The molecule has 0 aliphatic heterocycles. The van der Waals surface area contributed by atoms with Crippen molar-refractivity contribution in [2.24, 2.45) is 0 Å². The van der Waals surface area contributed by atoms with Gasteiger partial charge in [-0.15, -0.1) is 0 Å². The van der Waals surface area contributed by atoms with Crippen LogP contribution in [0.3, 0.4) is 0 Å². The molecule has 0 saturated carbocycles. The lowest BCUT2D eigenvalue weighted by Gasteiger charge is -2.39. The largest absolute Gasteiger partial charge is 0.496 e. The first-order chi connectivity index (χ1) is 20.6. The van der Waals surface area contributed by atoms with E-state index in [-0.39, 0.29) is 18.7 Å². The molecule has 0 radical (unpaired) electrons. The summed E-state index contributed by atoms with van der Waals surface area (Å²) in [5, 5.41) is 0. The molecule has 2 rings (SSSR count). The van der Waals surface area contributed by atoms with Gasteiger partial charge < -0.3 is 4.74 Å². The Morgan fingerprint density at radius 3 is 1.71 bits per heavy atom. The fourth-order valence-electron chi connectivity index (χ4n) is 4.57. The summed E-state index contributed by atoms with van der Waals surface area (Å²) in [4.78, 5) is 0. The van der Waals surface area contributed by atoms with Crippen LogP contribution in [0.15, 0.2) is 36.9 Å². The predicted octanol–water partition coefficient (Wildman–Crippen LogP) is 9.61. The molecule has 1 aromatic carbocycles. The number of imidazole rings is 1. The lowest BCUT2D eigenvalue weighted by atomic mass is 9.91. The summed E-state index contributed by atoms with van der Waals surface area (Å²) in [7, 11) is 1.49. The number of rotatable bonds is 19. The minimum atomic E-state index is -7.85. The molecule has 0 fully saturated rings. The SMILES string of the molecule is COc1ccc(F)cc1C[n+]1ccn(CCCCCCCCCCCC(F)(F)C(F)(F)C(F)(F)C(F)(F)C(F)(F)C(F)(F)F)c1. The molecule has 258 valence electrons. The third kappa shape index (κ3) is 8.74. The zero-order valence-corrected chi connectivity index (χ0v) is 24.0. The van der Waals surface area contributed by atoms with Gasteiger partial charge in [0.05, 0.1) is 13.7 Å². The van der Waals surface area contributed by atoms with Gasteiger partial charge in [-0.05, 0) is 37.5 Å². The van der Waals surface area contributed by atoms with Gasteiger partial charge in [0.15, 0.2) is 0 Å². The molecule has 2 aromatic rings. The van der Waals surface area contributed by atoms with Crippen LogP contribution < -0.4 is 9.30 Å². The van der Waals surface area contributed by atoms with E-state index in [4.69, 9.17) is 4.74 Å². The highest BCUT2D eigenvalue weighted by Gasteiger charge is 2.90. The van der Waals surface area contributed by atoms with Crippen molar-refractivity contribution >= 4 is 0 Å². The molecule has 3 nitrogen and oxygen atoms in total. The van der Waals surface area contributed by atoms with Gasteiger partial charge in [-0.1, -0.05) is 38.5 Å². The van der Waals surface area contributed by atoms with E-state index in [0.29, 0.717) is 37.2 Å². The Morgan fingerprint density at radius 1 is 0.667 bits per heavy atom. The van der Waals surface area contributed by atoms with Gasteiger partial charge in [0, 0.05) is 12.0 Å². The van der Waals surface area contributed by atoms with Gasteiger partial charge in [-0.25, -0.2) is 13.5 Å². The van der Waals surface area contributed by atoms with Crippen molar-refractivity contribution in [3.8, 4) is 5.75 Å². The van der Waals surface area contributed by atoms with Crippen LogP contribution in [0.25, 0.3) is 0 Å². The third-order valence-electron chi connectivity index (χ3n) is 7.25. The molecule has 0 bridgehead atoms. The average molecular weight is 680 g/mol. The zero-order valence-electron chi connectivity index (χ0n) is 24.0. The number of aromatic nitrogens is 2. The summed E-state index contributed by atoms with van der Waals surface area (Å²) >= 11 is 0. The Kier molecular flexibility index (Phi) is 12.6. The topological polar surface area (TPSA) is 18.0 Å². The van der Waals surface area contributed by atoms with Crippen molar-refractivity contribution in [2.75, 3.05) is 7.11 Å². The maximum absolute atomic E-state index is 13.8. The summed E-state index contributed by atoms with van der Waals surface area (Å²) < 4.78 is 193. The quantitative estimate of drug-likeness (QED) is 0.0822. The fraction of sp³-hybridized carbons (Fsp3) is 0.679. The Morgan fingerprint density at radius 2 is 1.18 bits per heavy atom. The first kappa shape index (κ1) is 38.4. The Balaban J connectivity index is 1.67. The second-order valence-electron chi connectivity index (χ2n) is 10.7. The molecule has 0 saturated heterocycles. The molecule has 0 aliphatic carbocycles. The summed E-state index contributed by atoms with van der Waals surface area (Å²) in [5.74, 6) is -36.3. The molecule has 1 heterocycles. The number of unbranched alkanes of at least 4 members (excludes halogenated alkanes) is 8. The molecule has 0 aliphatic rings. The molecule has 0 spiro atoms. The van der Waals surface area contributed by atoms with E-state index in [9.17, 15) is 61.5 Å². The first-order valence-electron chi connectivity index (χ1n) is 14.0. The minimum absolute atomic E-state index is 0.180. The second-order valence-corrected chi connectivity index (χ2v) is 10.7. The normalized spacial score (nSPS) is 13.8. The van der Waals surface area contributed by atoms with Crippen molar-refractivity contribution in [1.29, 1.82) is 0 Å². The number of hydrogen-bond acceptors (Lipinski definition) is 1. The number of halogens is 14. The summed E-state index contributed by atoms with van der Waals surface area (Å²) in [6, 6.07) is 4.23. The van der Waals surface area contributed by atoms with E-state index < -0.39 is 48.6 Å². The molecule has 0 N–H and O–H groups in total. The van der Waals surface area contributed by atoms with Gasteiger partial charge >= 0.3 is 35.8 Å². The van der Waals surface area contributed by atoms with Crippen LogP contribution >= 0.6 is 0 Å². The average Bonchev–Trinajstić information content (AvgIpc) is 3.37. The van der Waals surface area contributed by atoms with Crippen LogP contribution in [0.2, 0.25) is 0 Å². The van der Waals surface area contributed by atoms with Crippen LogP contribution in [0.4, 0.5) is 61.5 Å². The Labute approximate surface area is 250 Å². The maximum atomic E-state index is 13.8. The van der Waals surface area contributed by atoms with E-state index in [1.54, 1.807) is 6.07 Å². The highest BCUT2D eigenvalue weighted by atomic mass is 19.4. The molecule has 17 heteroatoms. The van der Waals surface area contributed by atoms with Crippen molar-refractivity contribution in [2.45, 2.75) is 113 Å². The van der Waals surface area contributed by atoms with E-state index >= 15 is 0 Å². The molecule has 0 unspecified atom stereocenters. The van der Waals surface area contributed by atoms with E-state index in [0.717, 1.165) is 25.7 Å². The molecule has 0 atom stereocenters. The monoisotopic (exact) mass is 679 g/mol. The van der Waals surface area contributed by atoms with Crippen molar-refractivity contribution in [3.05, 3.63) is 48.3 Å². The summed E-state index contributed by atoms with van der Waals surface area (Å²) in [6.45, 7) is 1.10. The van der Waals surface area contributed by atoms with Gasteiger partial charge in [0.25, 0.3) is 0 Å². The fourth-order valence-corrected chi connectivity index (χ4v) is 4.57. The minimum Gasteiger partial charge on any atom is -0.496 e. The number of alkyl halides is 13. The lowest BCUT2D eigenvalue weighted by Crippen LogP contribution is -2.70. The van der Waals surface area contributed by atoms with E-state index in [1.165, 1.54) is 19.2 Å². The number of methoxy groups -OCH3 is 1. The van der Waals surface area contributed by atoms with Crippen LogP contribution in [0.5, 0.6) is 5.75 Å². The summed E-state index contributed by atoms with van der Waals surface area (Å²) in [6.07, 6.45) is -0.674. The van der Waals surface area contributed by atoms with E-state index in [2.05, 4.69) is 0 Å². The number of benzene rings is 1. The Bertz CT molecular complexity index is 1210. The van der Waals surface area contributed by atoms with E-state index in [1.807, 2.05) is 27.9 Å². The molecule has 45 heavy (non-hydrogen) atoms. The van der Waals surface area contributed by atoms with Crippen LogP contribution in [0, 0.1) is 5.82 Å². The highest BCUT2D eigenvalue weighted by molar-refractivity contribution is 5.33. The third-order valence-corrected chi connectivity index (χ3v) is 7.25. The highest BCUT2D eigenvalue weighted by Crippen LogP contribution is 2.60. The van der Waals surface area contributed by atoms with Crippen LogP contribution in [-0.2, 0) is 13.1 Å². The first-order valence-corrected chi connectivity index (χ1v) is 14.0. The molecule has 1 aromatic heterocycles. The Hall–Kier alpha value is -2.75. The van der Waals surface area contributed by atoms with Crippen LogP contribution in [0.1, 0.15) is 69.8 Å². The van der Waals surface area contributed by atoms with Crippen molar-refractivity contribution < 1.29 is 70.8 Å². The van der Waals surface area contributed by atoms with Gasteiger partial charge in [0.2, 0.25) is 6.33 Å². The van der Waals surface area contributed by atoms with Gasteiger partial charge in [-0.3, -0.25) is 0 Å². The van der Waals surface area contributed by atoms with Gasteiger partial charge in [0.1, 0.15) is 30.5 Å². The smallest absolute Gasteiger partial charge is 0.460 e. The second kappa shape index (κ2) is 14.8. The zero-order chi connectivity index (χ0) is 34.3. The number of nitrogens with zero attached hydrogens (tertiary/aromatic N) is 2. The van der Waals surface area contributed by atoms with Crippen molar-refractivity contribution in [1.82, 2.24) is 4.57 Å². The maximum Gasteiger partial charge on any atom is 0.460 e. The number of aryl methyl sites for hydroxylation is 1. The van der Waals surface area contributed by atoms with Crippen LogP contribution in [-0.4, -0.2) is 47.5 Å². The van der Waals surface area contributed by atoms with Crippen molar-refractivity contribution in [3.63, 3.8) is 0 Å². The summed E-state index contributed by atoms with van der Waals surface area (Å²) in [5.41, 5.74) is 0.672. The molecular formula is C28H33F14N2O+. The standard InChI is InChI=1S/C28H33F14N2O/c1-45-22-12-11-21(29)17-20(22)18-44-16-15-43(19-44)14-10-8-6-4-2-3-5-7-9-13-23(30,31)24(32,33)25(34,35)26(36,37)27(38,39)28(40,41)42/h11-12,15-17,19H,2-10,13-14,18H2,1H3/q+1. The lowest BCUT2D eigenvalue weighted by molar-refractivity contribution is -0.687.